The first-order chi connectivity index (χ1) is 16.5. The molecule has 170 valence electrons. The number of ether oxygens (including phenoxy) is 1. The summed E-state index contributed by atoms with van der Waals surface area (Å²) in [6, 6.07) is 22.6. The van der Waals surface area contributed by atoms with E-state index in [1.165, 1.54) is 4.68 Å². The molecular weight excluding hydrogens is 428 g/mol. The van der Waals surface area contributed by atoms with Crippen molar-refractivity contribution < 1.29 is 9.15 Å². The van der Waals surface area contributed by atoms with Gasteiger partial charge in [-0.15, -0.1) is 0 Å². The molecule has 0 bridgehead atoms. The highest BCUT2D eigenvalue weighted by molar-refractivity contribution is 5.86. The first-order valence-electron chi connectivity index (χ1n) is 11.0. The first-order valence-corrected chi connectivity index (χ1v) is 11.0. The van der Waals surface area contributed by atoms with Crippen LogP contribution in [0.15, 0.2) is 87.1 Å². The molecule has 7 heteroatoms. The van der Waals surface area contributed by atoms with Gasteiger partial charge in [0.05, 0.1) is 23.7 Å². The molecule has 0 aliphatic carbocycles. The van der Waals surface area contributed by atoms with Gasteiger partial charge in [-0.05, 0) is 43.3 Å². The molecule has 0 amide bonds. The van der Waals surface area contributed by atoms with E-state index in [0.717, 1.165) is 16.6 Å². The van der Waals surface area contributed by atoms with E-state index in [-0.39, 0.29) is 5.56 Å². The predicted octanol–water partition coefficient (Wildman–Crippen LogP) is 5.16. The second-order valence-corrected chi connectivity index (χ2v) is 8.01. The second-order valence-electron chi connectivity index (χ2n) is 8.01. The highest BCUT2D eigenvalue weighted by Gasteiger charge is 2.16. The number of rotatable bonds is 6. The van der Waals surface area contributed by atoms with E-state index in [2.05, 4.69) is 5.10 Å². The van der Waals surface area contributed by atoms with Crippen LogP contribution in [0.5, 0.6) is 5.75 Å². The van der Waals surface area contributed by atoms with Gasteiger partial charge in [-0.3, -0.25) is 4.79 Å². The number of fused-ring (bicyclic) bond motifs is 2. The summed E-state index contributed by atoms with van der Waals surface area (Å²) in [6.07, 6.45) is 1.62. The number of hydrogen-bond donors (Lipinski definition) is 0. The molecule has 2 aromatic heterocycles. The Morgan fingerprint density at radius 2 is 1.85 bits per heavy atom. The summed E-state index contributed by atoms with van der Waals surface area (Å²) in [4.78, 5) is 20.2. The summed E-state index contributed by atoms with van der Waals surface area (Å²) < 4.78 is 13.1. The number of anilines is 1. The van der Waals surface area contributed by atoms with E-state index in [4.69, 9.17) is 14.1 Å². The molecule has 0 atom stereocenters. The molecule has 0 aliphatic rings. The smallest absolute Gasteiger partial charge is 0.282 e. The molecule has 0 fully saturated rings. The van der Waals surface area contributed by atoms with Gasteiger partial charge in [-0.1, -0.05) is 30.3 Å². The Kier molecular flexibility index (Phi) is 5.59. The second kappa shape index (κ2) is 8.86. The molecule has 0 radical (unpaired) electrons. The third-order valence-electron chi connectivity index (χ3n) is 5.53. The van der Waals surface area contributed by atoms with Crippen molar-refractivity contribution in [3.05, 3.63) is 88.7 Å². The maximum atomic E-state index is 13.4. The predicted molar refractivity (Wildman–Crippen MR) is 136 cm³/mol. The van der Waals surface area contributed by atoms with Crippen LogP contribution in [0.4, 0.5) is 5.69 Å². The van der Waals surface area contributed by atoms with Gasteiger partial charge in [0.25, 0.3) is 5.56 Å². The van der Waals surface area contributed by atoms with Crippen molar-refractivity contribution in [2.45, 2.75) is 6.92 Å². The van der Waals surface area contributed by atoms with Gasteiger partial charge in [0, 0.05) is 36.8 Å². The molecule has 34 heavy (non-hydrogen) atoms. The van der Waals surface area contributed by atoms with Crippen molar-refractivity contribution in [1.29, 1.82) is 0 Å². The van der Waals surface area contributed by atoms with Gasteiger partial charge in [0.1, 0.15) is 11.3 Å². The number of hydrogen-bond acceptors (Lipinski definition) is 6. The SMILES string of the molecule is CCOc1cc(N(C)C)ccc1C=Nn1c(-c2cc3ccccc3o2)nc2ccccc2c1=O. The Morgan fingerprint density at radius 1 is 1.06 bits per heavy atom. The molecule has 0 unspecified atom stereocenters. The highest BCUT2D eigenvalue weighted by Crippen LogP contribution is 2.28. The largest absolute Gasteiger partial charge is 0.493 e. The third kappa shape index (κ3) is 3.92. The molecule has 2 heterocycles. The Morgan fingerprint density at radius 3 is 2.65 bits per heavy atom. The highest BCUT2D eigenvalue weighted by atomic mass is 16.5. The average molecular weight is 453 g/mol. The zero-order chi connectivity index (χ0) is 23.7. The summed E-state index contributed by atoms with van der Waals surface area (Å²) in [5.74, 6) is 1.48. The summed E-state index contributed by atoms with van der Waals surface area (Å²) in [6.45, 7) is 2.44. The summed E-state index contributed by atoms with van der Waals surface area (Å²) in [5.41, 5.74) is 2.78. The van der Waals surface area contributed by atoms with Gasteiger partial charge in [0.2, 0.25) is 5.82 Å². The number of aromatic nitrogens is 2. The van der Waals surface area contributed by atoms with Crippen LogP contribution in [0, 0.1) is 0 Å². The molecule has 3 aromatic carbocycles. The molecule has 0 N–H and O–H groups in total. The minimum atomic E-state index is -0.278. The molecule has 0 spiro atoms. The van der Waals surface area contributed by atoms with E-state index in [1.807, 2.05) is 92.6 Å². The molecule has 5 rings (SSSR count). The summed E-state index contributed by atoms with van der Waals surface area (Å²) >= 11 is 0. The van der Waals surface area contributed by atoms with E-state index in [0.29, 0.717) is 40.4 Å². The fourth-order valence-electron chi connectivity index (χ4n) is 3.79. The Hall–Kier alpha value is -4.39. The van der Waals surface area contributed by atoms with Crippen LogP contribution in [-0.2, 0) is 0 Å². The molecule has 7 nitrogen and oxygen atoms in total. The minimum Gasteiger partial charge on any atom is -0.493 e. The van der Waals surface area contributed by atoms with Gasteiger partial charge < -0.3 is 14.1 Å². The van der Waals surface area contributed by atoms with Crippen LogP contribution in [0.3, 0.4) is 0 Å². The van der Waals surface area contributed by atoms with Crippen LogP contribution >= 0.6 is 0 Å². The Balaban J connectivity index is 1.69. The monoisotopic (exact) mass is 452 g/mol. The van der Waals surface area contributed by atoms with E-state index in [9.17, 15) is 4.79 Å². The first kappa shape index (κ1) is 21.5. The Bertz CT molecular complexity index is 1550. The molecule has 0 aliphatic heterocycles. The van der Waals surface area contributed by atoms with Crippen LogP contribution in [0.1, 0.15) is 12.5 Å². The number of benzene rings is 3. The number of nitrogens with zero attached hydrogens (tertiary/aromatic N) is 4. The van der Waals surface area contributed by atoms with Crippen LogP contribution in [0.2, 0.25) is 0 Å². The Labute approximate surface area is 196 Å². The zero-order valence-corrected chi connectivity index (χ0v) is 19.2. The fraction of sp³-hybridized carbons (Fsp3) is 0.148. The van der Waals surface area contributed by atoms with E-state index < -0.39 is 0 Å². The lowest BCUT2D eigenvalue weighted by atomic mass is 10.2. The fourth-order valence-corrected chi connectivity index (χ4v) is 3.79. The quantitative estimate of drug-likeness (QED) is 0.333. The van der Waals surface area contributed by atoms with Gasteiger partial charge in [0.15, 0.2) is 5.76 Å². The minimum absolute atomic E-state index is 0.278. The molecular formula is C27H24N4O3. The lowest BCUT2D eigenvalue weighted by Gasteiger charge is -2.15. The van der Waals surface area contributed by atoms with Crippen LogP contribution < -0.4 is 15.2 Å². The summed E-state index contributed by atoms with van der Waals surface area (Å²) in [7, 11) is 3.94. The normalized spacial score (nSPS) is 11.5. The van der Waals surface area contributed by atoms with Crippen molar-refractivity contribution in [2.24, 2.45) is 5.10 Å². The van der Waals surface area contributed by atoms with Crippen molar-refractivity contribution in [3.8, 4) is 17.3 Å². The third-order valence-corrected chi connectivity index (χ3v) is 5.53. The van der Waals surface area contributed by atoms with E-state index >= 15 is 0 Å². The summed E-state index contributed by atoms with van der Waals surface area (Å²) in [5, 5.41) is 5.96. The molecule has 0 saturated heterocycles. The van der Waals surface area contributed by atoms with Crippen molar-refractivity contribution >= 4 is 33.8 Å². The molecule has 5 aromatic rings. The van der Waals surface area contributed by atoms with E-state index in [1.54, 1.807) is 12.3 Å². The van der Waals surface area contributed by atoms with Crippen LogP contribution in [0.25, 0.3) is 33.5 Å². The molecule has 0 saturated carbocycles. The average Bonchev–Trinajstić information content (AvgIpc) is 3.28. The van der Waals surface area contributed by atoms with Crippen molar-refractivity contribution in [1.82, 2.24) is 9.66 Å². The van der Waals surface area contributed by atoms with Gasteiger partial charge >= 0.3 is 0 Å². The lowest BCUT2D eigenvalue weighted by Crippen LogP contribution is -2.20. The lowest BCUT2D eigenvalue weighted by molar-refractivity contribution is 0.340. The maximum absolute atomic E-state index is 13.4. The zero-order valence-electron chi connectivity index (χ0n) is 19.2. The topological polar surface area (TPSA) is 72.9 Å². The van der Waals surface area contributed by atoms with Crippen molar-refractivity contribution in [3.63, 3.8) is 0 Å². The van der Waals surface area contributed by atoms with Crippen LogP contribution in [-0.4, -0.2) is 36.6 Å². The van der Waals surface area contributed by atoms with Gasteiger partial charge in [-0.2, -0.15) is 9.78 Å². The van der Waals surface area contributed by atoms with Gasteiger partial charge in [-0.25, -0.2) is 4.98 Å². The number of furan rings is 1. The number of para-hydroxylation sites is 2. The van der Waals surface area contributed by atoms with Crippen molar-refractivity contribution in [2.75, 3.05) is 25.6 Å². The maximum Gasteiger partial charge on any atom is 0.282 e. The standard InChI is InChI=1S/C27H24N4O3/c1-4-33-24-16-20(30(2)3)14-13-19(24)17-28-31-26(25-15-18-9-5-8-12-23(18)34-25)29-22-11-7-6-10-21(22)27(31)32/h5-17H,4H2,1-3H3.